The van der Waals surface area contributed by atoms with Crippen LogP contribution in [0.2, 0.25) is 0 Å². The SMILES string of the molecule is Cc1nc2cc(F)ccc2cc1C(=O)N1CC[C@@H](C(=O)O)C1. The number of carboxylic acid groups (broad SMARTS) is 1. The van der Waals surface area contributed by atoms with Crippen molar-refractivity contribution >= 4 is 22.8 Å². The van der Waals surface area contributed by atoms with E-state index in [2.05, 4.69) is 4.98 Å². The van der Waals surface area contributed by atoms with Gasteiger partial charge in [0.1, 0.15) is 5.82 Å². The van der Waals surface area contributed by atoms with Gasteiger partial charge < -0.3 is 10.0 Å². The van der Waals surface area contributed by atoms with E-state index < -0.39 is 11.9 Å². The largest absolute Gasteiger partial charge is 0.481 e. The molecule has 0 bridgehead atoms. The zero-order valence-corrected chi connectivity index (χ0v) is 12.0. The summed E-state index contributed by atoms with van der Waals surface area (Å²) in [5.41, 5.74) is 1.45. The molecule has 1 saturated heterocycles. The molecule has 1 amide bonds. The lowest BCUT2D eigenvalue weighted by molar-refractivity contribution is -0.141. The number of amides is 1. The van der Waals surface area contributed by atoms with Gasteiger partial charge in [0.05, 0.1) is 22.7 Å². The fourth-order valence-electron chi connectivity index (χ4n) is 2.77. The Labute approximate surface area is 126 Å². The average molecular weight is 302 g/mol. The third-order valence-corrected chi connectivity index (χ3v) is 4.03. The number of rotatable bonds is 2. The normalized spacial score (nSPS) is 17.9. The maximum atomic E-state index is 13.2. The predicted molar refractivity (Wildman–Crippen MR) is 78.1 cm³/mol. The molecule has 22 heavy (non-hydrogen) atoms. The molecule has 114 valence electrons. The van der Waals surface area contributed by atoms with Crippen LogP contribution in [0.1, 0.15) is 22.5 Å². The fraction of sp³-hybridized carbons (Fsp3) is 0.312. The molecule has 0 unspecified atom stereocenters. The van der Waals surface area contributed by atoms with E-state index in [1.165, 1.54) is 17.0 Å². The summed E-state index contributed by atoms with van der Waals surface area (Å²) in [5, 5.41) is 9.70. The monoisotopic (exact) mass is 302 g/mol. The summed E-state index contributed by atoms with van der Waals surface area (Å²) in [6.45, 7) is 2.34. The summed E-state index contributed by atoms with van der Waals surface area (Å²) >= 11 is 0. The van der Waals surface area contributed by atoms with Crippen molar-refractivity contribution in [2.75, 3.05) is 13.1 Å². The molecule has 0 radical (unpaired) electrons. The lowest BCUT2D eigenvalue weighted by Crippen LogP contribution is -2.30. The second-order valence-corrected chi connectivity index (χ2v) is 5.53. The smallest absolute Gasteiger partial charge is 0.308 e. The second-order valence-electron chi connectivity index (χ2n) is 5.53. The highest BCUT2D eigenvalue weighted by molar-refractivity contribution is 5.99. The number of pyridine rings is 1. The highest BCUT2D eigenvalue weighted by atomic mass is 19.1. The summed E-state index contributed by atoms with van der Waals surface area (Å²) in [6, 6.07) is 5.92. The minimum Gasteiger partial charge on any atom is -0.481 e. The van der Waals surface area contributed by atoms with Crippen molar-refractivity contribution in [2.24, 2.45) is 5.92 Å². The molecule has 1 fully saturated rings. The number of aryl methyl sites for hydroxylation is 1. The van der Waals surface area contributed by atoms with Gasteiger partial charge in [-0.15, -0.1) is 0 Å². The zero-order chi connectivity index (χ0) is 15.9. The number of hydrogen-bond donors (Lipinski definition) is 1. The van der Waals surface area contributed by atoms with E-state index in [4.69, 9.17) is 5.11 Å². The predicted octanol–water partition coefficient (Wildman–Crippen LogP) is 2.23. The number of carbonyl (C=O) groups is 2. The highest BCUT2D eigenvalue weighted by Crippen LogP contribution is 2.23. The van der Waals surface area contributed by atoms with Gasteiger partial charge in [-0.3, -0.25) is 14.6 Å². The molecule has 2 aromatic rings. The van der Waals surface area contributed by atoms with Crippen molar-refractivity contribution < 1.29 is 19.1 Å². The molecule has 1 aromatic heterocycles. The van der Waals surface area contributed by atoms with Crippen molar-refractivity contribution in [3.63, 3.8) is 0 Å². The molecular weight excluding hydrogens is 287 g/mol. The maximum Gasteiger partial charge on any atom is 0.308 e. The van der Waals surface area contributed by atoms with Crippen LogP contribution >= 0.6 is 0 Å². The van der Waals surface area contributed by atoms with Gasteiger partial charge in [0.2, 0.25) is 0 Å². The molecule has 3 rings (SSSR count). The van der Waals surface area contributed by atoms with Crippen LogP contribution in [0, 0.1) is 18.7 Å². The number of carbonyl (C=O) groups excluding carboxylic acids is 1. The van der Waals surface area contributed by atoms with E-state index in [1.54, 1.807) is 19.1 Å². The number of fused-ring (bicyclic) bond motifs is 1. The van der Waals surface area contributed by atoms with Crippen LogP contribution in [0.15, 0.2) is 24.3 Å². The molecule has 2 heterocycles. The minimum absolute atomic E-state index is 0.217. The molecular formula is C16H15FN2O3. The first-order valence-electron chi connectivity index (χ1n) is 7.04. The third kappa shape index (κ3) is 2.52. The number of halogens is 1. The number of carboxylic acids is 1. The number of benzene rings is 1. The molecule has 0 aliphatic carbocycles. The van der Waals surface area contributed by atoms with Gasteiger partial charge in [-0.25, -0.2) is 4.39 Å². The molecule has 0 saturated carbocycles. The third-order valence-electron chi connectivity index (χ3n) is 4.03. The van der Waals surface area contributed by atoms with Crippen LogP contribution in [-0.4, -0.2) is 40.0 Å². The first-order valence-corrected chi connectivity index (χ1v) is 7.04. The van der Waals surface area contributed by atoms with E-state index in [-0.39, 0.29) is 18.3 Å². The van der Waals surface area contributed by atoms with E-state index in [9.17, 15) is 14.0 Å². The van der Waals surface area contributed by atoms with E-state index in [0.717, 1.165) is 0 Å². The van der Waals surface area contributed by atoms with Gasteiger partial charge in [-0.2, -0.15) is 0 Å². The summed E-state index contributed by atoms with van der Waals surface area (Å²) in [5.74, 6) is -1.98. The Hall–Kier alpha value is -2.50. The Morgan fingerprint density at radius 2 is 2.14 bits per heavy atom. The summed E-state index contributed by atoms with van der Waals surface area (Å²) in [7, 11) is 0. The first-order chi connectivity index (χ1) is 10.5. The zero-order valence-electron chi connectivity index (χ0n) is 12.0. The summed E-state index contributed by atoms with van der Waals surface area (Å²) in [6.07, 6.45) is 0.465. The van der Waals surface area contributed by atoms with Crippen LogP contribution in [0.4, 0.5) is 4.39 Å². The van der Waals surface area contributed by atoms with Gasteiger partial charge in [0.15, 0.2) is 0 Å². The fourth-order valence-corrected chi connectivity index (χ4v) is 2.77. The van der Waals surface area contributed by atoms with Crippen LogP contribution in [0.5, 0.6) is 0 Å². The highest BCUT2D eigenvalue weighted by Gasteiger charge is 2.32. The summed E-state index contributed by atoms with van der Waals surface area (Å²) < 4.78 is 13.2. The van der Waals surface area contributed by atoms with Gasteiger partial charge in [0, 0.05) is 24.5 Å². The molecule has 1 N–H and O–H groups in total. The standard InChI is InChI=1S/C16H15FN2O3/c1-9-13(6-10-2-3-12(17)7-14(10)18-9)15(20)19-5-4-11(8-19)16(21)22/h2-3,6-7,11H,4-5,8H2,1H3,(H,21,22)/t11-/m1/s1. The number of likely N-dealkylation sites (tertiary alicyclic amines) is 1. The molecule has 0 spiro atoms. The van der Waals surface area contributed by atoms with Gasteiger partial charge in [0.25, 0.3) is 5.91 Å². The molecule has 1 atom stereocenters. The Balaban J connectivity index is 1.93. The Morgan fingerprint density at radius 3 is 2.82 bits per heavy atom. The molecule has 1 aliphatic heterocycles. The Bertz CT molecular complexity index is 775. The molecule has 1 aromatic carbocycles. The number of aromatic nitrogens is 1. The van der Waals surface area contributed by atoms with E-state index >= 15 is 0 Å². The lowest BCUT2D eigenvalue weighted by Gasteiger charge is -2.17. The van der Waals surface area contributed by atoms with Gasteiger partial charge in [-0.05, 0) is 31.5 Å². The molecule has 6 heteroatoms. The van der Waals surface area contributed by atoms with Crippen molar-refractivity contribution in [3.8, 4) is 0 Å². The number of nitrogens with zero attached hydrogens (tertiary/aromatic N) is 2. The van der Waals surface area contributed by atoms with Gasteiger partial charge in [-0.1, -0.05) is 0 Å². The quantitative estimate of drug-likeness (QED) is 0.923. The molecule has 5 nitrogen and oxygen atoms in total. The van der Waals surface area contributed by atoms with Crippen molar-refractivity contribution in [1.29, 1.82) is 0 Å². The van der Waals surface area contributed by atoms with E-state index in [0.29, 0.717) is 35.1 Å². The van der Waals surface area contributed by atoms with E-state index in [1.807, 2.05) is 0 Å². The van der Waals surface area contributed by atoms with Crippen molar-refractivity contribution in [3.05, 3.63) is 41.3 Å². The number of aliphatic carboxylic acids is 1. The summed E-state index contributed by atoms with van der Waals surface area (Å²) in [4.78, 5) is 29.4. The number of hydrogen-bond acceptors (Lipinski definition) is 3. The van der Waals surface area contributed by atoms with Crippen LogP contribution < -0.4 is 0 Å². The Morgan fingerprint density at radius 1 is 1.36 bits per heavy atom. The van der Waals surface area contributed by atoms with Crippen LogP contribution in [0.3, 0.4) is 0 Å². The Kier molecular flexibility index (Phi) is 3.52. The minimum atomic E-state index is -0.876. The lowest BCUT2D eigenvalue weighted by atomic mass is 10.1. The van der Waals surface area contributed by atoms with Crippen LogP contribution in [0.25, 0.3) is 10.9 Å². The molecule has 1 aliphatic rings. The second kappa shape index (κ2) is 5.36. The van der Waals surface area contributed by atoms with Crippen molar-refractivity contribution in [2.45, 2.75) is 13.3 Å². The average Bonchev–Trinajstić information content (AvgIpc) is 2.95. The van der Waals surface area contributed by atoms with Crippen LogP contribution in [-0.2, 0) is 4.79 Å². The van der Waals surface area contributed by atoms with Gasteiger partial charge >= 0.3 is 5.97 Å². The van der Waals surface area contributed by atoms with Crippen molar-refractivity contribution in [1.82, 2.24) is 9.88 Å². The first kappa shape index (κ1) is 14.4. The topological polar surface area (TPSA) is 70.5 Å². The maximum absolute atomic E-state index is 13.2.